The second-order valence-electron chi connectivity index (χ2n) is 32.0. The van der Waals surface area contributed by atoms with Gasteiger partial charge in [0.25, 0.3) is 0 Å². The highest BCUT2D eigenvalue weighted by atomic mass is 16.8. The van der Waals surface area contributed by atoms with Gasteiger partial charge < -0.3 is 90.4 Å². The van der Waals surface area contributed by atoms with E-state index in [4.69, 9.17) is 85.3 Å². The molecule has 0 amide bonds. The number of aromatic nitrogens is 6. The maximum Gasteiger partial charge on any atom is 0.340 e. The minimum Gasteiger partial charge on any atom is -0.508 e. The van der Waals surface area contributed by atoms with Gasteiger partial charge in [0, 0.05) is 106 Å². The van der Waals surface area contributed by atoms with Gasteiger partial charge in [-0.1, -0.05) is 66.0 Å². The number of ether oxygens (including phenoxy) is 18. The first-order chi connectivity index (χ1) is 59.3. The summed E-state index contributed by atoms with van der Waals surface area (Å²) in [5.74, 6) is -4.52. The number of carbonyl (C=O) groups excluding carboxylic acids is 6. The lowest BCUT2D eigenvalue weighted by Crippen LogP contribution is -2.49. The molecule has 6 saturated heterocycles. The Balaban J connectivity index is 0.000000155. The zero-order valence-corrected chi connectivity index (χ0v) is 71.8. The highest BCUT2D eigenvalue weighted by Gasteiger charge is 2.45. The van der Waals surface area contributed by atoms with Crippen LogP contribution in [0.2, 0.25) is 0 Å². The molecule has 8 fully saturated rings. The summed E-state index contributed by atoms with van der Waals surface area (Å²) in [6.07, 6.45) is 31.1. The number of phenols is 1. The number of aromatic hydroxyl groups is 1. The van der Waals surface area contributed by atoms with Crippen LogP contribution in [0.3, 0.4) is 0 Å². The number of hydrogen-bond acceptors (Lipinski definition) is 31. The molecule has 1 aromatic carbocycles. The second kappa shape index (κ2) is 47.4. The van der Waals surface area contributed by atoms with Crippen LogP contribution in [0.1, 0.15) is 220 Å². The molecule has 7 aromatic rings. The van der Waals surface area contributed by atoms with Gasteiger partial charge >= 0.3 is 35.8 Å². The quantitative estimate of drug-likeness (QED) is 0.0516. The summed E-state index contributed by atoms with van der Waals surface area (Å²) in [5.41, 5.74) is 3.70. The molecular weight excluding hydrogens is 1590 g/mol. The number of carbonyl (C=O) groups is 6. The number of phenolic OH excluding ortho intramolecular Hbond substituents is 1. The molecule has 2 aliphatic carbocycles. The molecule has 2 saturated carbocycles. The molecule has 8 aliphatic rings. The van der Waals surface area contributed by atoms with Crippen LogP contribution in [0, 0.1) is 11.8 Å². The average molecular weight is 1710 g/mol. The fraction of sp³-hybridized carbons (Fsp3) is 0.543. The zero-order valence-electron chi connectivity index (χ0n) is 71.8. The van der Waals surface area contributed by atoms with Gasteiger partial charge in [-0.15, -0.1) is 0 Å². The summed E-state index contributed by atoms with van der Waals surface area (Å²) in [4.78, 5) is 94.7. The number of hydrogen-bond donors (Lipinski definition) is 1. The molecular formula is C92H118N6O25. The normalized spacial score (nSPS) is 25.3. The molecule has 1 N–H and O–H groups in total. The number of aryl methyl sites for hydroxylation is 1. The van der Waals surface area contributed by atoms with Gasteiger partial charge in [-0.05, 0) is 175 Å². The first-order valence-corrected chi connectivity index (χ1v) is 42.4. The van der Waals surface area contributed by atoms with Crippen LogP contribution in [-0.2, 0) is 91.7 Å². The fourth-order valence-corrected chi connectivity index (χ4v) is 14.2. The highest BCUT2D eigenvalue weighted by molar-refractivity contribution is 5.91. The molecule has 31 heteroatoms. The number of benzene rings is 1. The van der Waals surface area contributed by atoms with Crippen molar-refractivity contribution in [2.75, 3.05) is 79.3 Å². The van der Waals surface area contributed by atoms with Crippen LogP contribution >= 0.6 is 0 Å². The Kier molecular flexibility index (Phi) is 36.8. The van der Waals surface area contributed by atoms with Crippen LogP contribution in [0.5, 0.6) is 5.75 Å². The summed E-state index contributed by atoms with van der Waals surface area (Å²) in [5, 5.41) is 9.31. The Morgan fingerprint density at radius 3 is 0.951 bits per heavy atom. The van der Waals surface area contributed by atoms with Gasteiger partial charge in [0.2, 0.25) is 0 Å². The average Bonchev–Trinajstić information content (AvgIpc) is 1.80. The van der Waals surface area contributed by atoms with Crippen LogP contribution in [-0.4, -0.2) is 221 Å². The van der Waals surface area contributed by atoms with Crippen molar-refractivity contribution in [2.45, 2.75) is 230 Å². The monoisotopic (exact) mass is 1710 g/mol. The Hall–Kier alpha value is -9.74. The van der Waals surface area contributed by atoms with Gasteiger partial charge in [-0.3, -0.25) is 29.9 Å². The third kappa shape index (κ3) is 30.6. The number of rotatable bonds is 21. The minimum atomic E-state index is -0.713. The third-order valence-corrected chi connectivity index (χ3v) is 21.7. The molecule has 12 heterocycles. The largest absolute Gasteiger partial charge is 0.508 e. The summed E-state index contributed by atoms with van der Waals surface area (Å²) in [6.45, 7) is 22.3. The van der Waals surface area contributed by atoms with E-state index in [9.17, 15) is 33.9 Å². The first kappa shape index (κ1) is 95.5. The second-order valence-corrected chi connectivity index (χ2v) is 32.0. The predicted molar refractivity (Wildman–Crippen MR) is 443 cm³/mol. The van der Waals surface area contributed by atoms with Crippen LogP contribution in [0.15, 0.2) is 171 Å². The lowest BCUT2D eigenvalue weighted by molar-refractivity contribution is -0.304. The van der Waals surface area contributed by atoms with Gasteiger partial charge in [0.05, 0.1) is 113 Å². The molecule has 6 aliphatic heterocycles. The molecule has 6 aromatic heterocycles. The van der Waals surface area contributed by atoms with Crippen molar-refractivity contribution >= 4 is 35.8 Å². The minimum absolute atomic E-state index is 0.249. The van der Waals surface area contributed by atoms with Crippen molar-refractivity contribution in [3.8, 4) is 5.75 Å². The molecule has 31 nitrogen and oxygen atoms in total. The molecule has 0 radical (unpaired) electrons. The maximum absolute atomic E-state index is 12.0. The van der Waals surface area contributed by atoms with E-state index >= 15 is 0 Å². The van der Waals surface area contributed by atoms with Crippen molar-refractivity contribution in [3.63, 3.8) is 0 Å². The smallest absolute Gasteiger partial charge is 0.340 e. The van der Waals surface area contributed by atoms with E-state index in [0.29, 0.717) is 118 Å². The maximum atomic E-state index is 12.0. The summed E-state index contributed by atoms with van der Waals surface area (Å²) in [6, 6.07) is 27.3. The molecule has 666 valence electrons. The molecule has 123 heavy (non-hydrogen) atoms. The van der Waals surface area contributed by atoms with E-state index in [2.05, 4.69) is 43.8 Å². The lowest BCUT2D eigenvalue weighted by atomic mass is 9.93. The number of nitrogens with zero attached hydrogens (tertiary/aromatic N) is 6. The summed E-state index contributed by atoms with van der Waals surface area (Å²) >= 11 is 0. The number of pyridine rings is 6. The van der Waals surface area contributed by atoms with E-state index in [1.165, 1.54) is 56.4 Å². The van der Waals surface area contributed by atoms with Gasteiger partial charge in [-0.2, -0.15) is 0 Å². The Morgan fingerprint density at radius 2 is 0.659 bits per heavy atom. The van der Waals surface area contributed by atoms with Crippen molar-refractivity contribution in [1.82, 2.24) is 29.9 Å². The van der Waals surface area contributed by atoms with Crippen molar-refractivity contribution in [2.24, 2.45) is 11.8 Å². The van der Waals surface area contributed by atoms with Crippen LogP contribution in [0.25, 0.3) is 0 Å². The van der Waals surface area contributed by atoms with E-state index in [0.717, 1.165) is 76.2 Å². The molecule has 1 spiro atoms. The Bertz CT molecular complexity index is 4270. The summed E-state index contributed by atoms with van der Waals surface area (Å²) < 4.78 is 101. The topological polar surface area (TPSA) is 366 Å². The first-order valence-electron chi connectivity index (χ1n) is 42.4. The Labute approximate surface area is 718 Å². The van der Waals surface area contributed by atoms with E-state index < -0.39 is 64.7 Å². The van der Waals surface area contributed by atoms with Crippen molar-refractivity contribution in [3.05, 3.63) is 210 Å². The number of esters is 6. The molecule has 15 rings (SSSR count). The predicted octanol–water partition coefficient (Wildman–Crippen LogP) is 13.9. The van der Waals surface area contributed by atoms with Gasteiger partial charge in [0.15, 0.2) is 34.7 Å². The summed E-state index contributed by atoms with van der Waals surface area (Å²) in [7, 11) is 0. The van der Waals surface area contributed by atoms with Crippen molar-refractivity contribution < 1.29 is 119 Å². The van der Waals surface area contributed by atoms with Gasteiger partial charge in [-0.25, -0.2) is 28.8 Å². The van der Waals surface area contributed by atoms with Crippen molar-refractivity contribution in [1.29, 1.82) is 0 Å². The zero-order chi connectivity index (χ0) is 87.6. The van der Waals surface area contributed by atoms with Gasteiger partial charge in [0.1, 0.15) is 42.4 Å². The third-order valence-electron chi connectivity index (χ3n) is 21.7. The molecule has 0 bridgehead atoms. The standard InChI is InChI=1S/C19H21NO5.C16H21NO4.C15H19NO4.C15H21NO4.C14H19NO4.C13H17NO4/c1-19(9-8-14-4-6-16(21)7-5-14)23-12-17(13-24-19)25-18(22)15-3-2-10-20-11-15;1-16(13-6-2-3-7-13)19-10-14(11-20-16)21-15(18)12-5-4-8-17-9-12;17-14(12-5-4-8-16-9-12)20-13-10-18-15(19-11-13)6-2-1-3-7-15;1-11(2)7-15(3)18-9-13(10-19-15)20-14(17)12-5-4-6-16-8-12;1-3-14(4-2)17-9-12(10-18-14)19-13(16)11-6-5-7-15-8-11;1-3-13(2)16-8-11(9-17-13)18-12(15)10-5-4-6-14-7-10/h2-7,10-11,17,21H,8-9,12-13H2,1H3;4-5,8-9,13-14H,2-3,6-7,10-11H2,1H3;4-5,8-9,13H,1-3,6-7,10-11H2;4-6,8,11,13H,7,9-10H2,1-3H3;5-8,12H,3-4,9-10H2,1-2H3;4-7,11H,3,8-9H2,1-2H3. The Morgan fingerprint density at radius 1 is 0.366 bits per heavy atom. The lowest BCUT2D eigenvalue weighted by Gasteiger charge is -2.42. The van der Waals surface area contributed by atoms with Crippen LogP contribution < -0.4 is 0 Å². The van der Waals surface area contributed by atoms with Crippen LogP contribution in [0.4, 0.5) is 0 Å². The highest BCUT2D eigenvalue weighted by Crippen LogP contribution is 2.40. The van der Waals surface area contributed by atoms with E-state index in [1.54, 1.807) is 122 Å². The molecule has 0 atom stereocenters. The van der Waals surface area contributed by atoms with E-state index in [1.807, 2.05) is 60.6 Å². The molecule has 0 unspecified atom stereocenters. The fourth-order valence-electron chi connectivity index (χ4n) is 14.2. The SMILES string of the molecule is CC(C)CC1(C)OCC(OC(=O)c2cccnc2)CO1.CC1(C2CCCC2)OCC(OC(=O)c2cccnc2)CO1.CC1(CCc2ccc(O)cc2)OCC(OC(=O)c2cccnc2)CO1.CCC1(C)OCC(OC(=O)c2cccnc2)CO1.CCC1(CC)OCC(OC(=O)c2cccnc2)CO1.O=C(OC1COC2(CCCCC2)OC1)c1cccnc1. The van der Waals surface area contributed by atoms with E-state index in [-0.39, 0.29) is 61.4 Å².